The zero-order chi connectivity index (χ0) is 13.6. The molecule has 0 saturated heterocycles. The SMILES string of the molecule is COC(=O)c1ccc2c(c1)[nH]c(=O)c1cc(C)cn12. The van der Waals surface area contributed by atoms with Gasteiger partial charge in [-0.05, 0) is 36.8 Å². The van der Waals surface area contributed by atoms with E-state index in [1.165, 1.54) is 7.11 Å². The number of esters is 1. The number of rotatable bonds is 1. The highest BCUT2D eigenvalue weighted by Gasteiger charge is 2.10. The molecule has 1 aromatic carbocycles. The number of carbonyl (C=O) groups excluding carboxylic acids is 1. The van der Waals surface area contributed by atoms with E-state index in [-0.39, 0.29) is 5.56 Å². The van der Waals surface area contributed by atoms with Crippen LogP contribution in [-0.2, 0) is 4.74 Å². The van der Waals surface area contributed by atoms with Gasteiger partial charge < -0.3 is 14.1 Å². The molecule has 1 N–H and O–H groups in total. The second-order valence-electron chi connectivity index (χ2n) is 4.45. The average molecular weight is 256 g/mol. The molecule has 0 fully saturated rings. The number of methoxy groups -OCH3 is 1. The van der Waals surface area contributed by atoms with Crippen molar-refractivity contribution in [3.63, 3.8) is 0 Å². The maximum Gasteiger partial charge on any atom is 0.337 e. The van der Waals surface area contributed by atoms with E-state index in [1.807, 2.05) is 23.6 Å². The molecule has 3 rings (SSSR count). The lowest BCUT2D eigenvalue weighted by Crippen LogP contribution is -2.10. The highest BCUT2D eigenvalue weighted by molar-refractivity contribution is 5.93. The summed E-state index contributed by atoms with van der Waals surface area (Å²) in [6, 6.07) is 6.93. The summed E-state index contributed by atoms with van der Waals surface area (Å²) in [4.78, 5) is 26.2. The molecule has 5 heteroatoms. The van der Waals surface area contributed by atoms with Gasteiger partial charge in [0.05, 0.1) is 23.7 Å². The van der Waals surface area contributed by atoms with E-state index in [0.717, 1.165) is 11.1 Å². The second kappa shape index (κ2) is 3.98. The number of H-pyrrole nitrogens is 1. The highest BCUT2D eigenvalue weighted by Crippen LogP contribution is 2.16. The summed E-state index contributed by atoms with van der Waals surface area (Å²) in [6.45, 7) is 1.93. The Kier molecular flexibility index (Phi) is 2.41. The van der Waals surface area contributed by atoms with Crippen LogP contribution in [0, 0.1) is 6.92 Å². The van der Waals surface area contributed by atoms with Crippen molar-refractivity contribution in [3.8, 4) is 0 Å². The fourth-order valence-electron chi connectivity index (χ4n) is 2.25. The zero-order valence-corrected chi connectivity index (χ0v) is 10.6. The first-order valence-electron chi connectivity index (χ1n) is 5.83. The molecule has 0 radical (unpaired) electrons. The van der Waals surface area contributed by atoms with Gasteiger partial charge in [0.1, 0.15) is 5.52 Å². The lowest BCUT2D eigenvalue weighted by molar-refractivity contribution is 0.0601. The van der Waals surface area contributed by atoms with E-state index in [4.69, 9.17) is 0 Å². The molecule has 2 aromatic heterocycles. The molecule has 2 heterocycles. The number of aryl methyl sites for hydroxylation is 1. The number of nitrogens with zero attached hydrogens (tertiary/aromatic N) is 1. The highest BCUT2D eigenvalue weighted by atomic mass is 16.5. The van der Waals surface area contributed by atoms with E-state index in [1.54, 1.807) is 18.2 Å². The standard InChI is InChI=1S/C14H12N2O3/c1-8-5-12-13(17)15-10-6-9(14(18)19-2)3-4-11(10)16(12)7-8/h3-7H,1-2H3,(H,15,17). The van der Waals surface area contributed by atoms with Crippen LogP contribution in [0.15, 0.2) is 35.3 Å². The quantitative estimate of drug-likeness (QED) is 0.676. The maximum absolute atomic E-state index is 12.0. The third-order valence-corrected chi connectivity index (χ3v) is 3.11. The largest absolute Gasteiger partial charge is 0.465 e. The molecule has 0 aliphatic rings. The van der Waals surface area contributed by atoms with Crippen LogP contribution in [0.4, 0.5) is 0 Å². The van der Waals surface area contributed by atoms with Crippen LogP contribution < -0.4 is 5.56 Å². The number of benzene rings is 1. The van der Waals surface area contributed by atoms with Crippen LogP contribution in [0.25, 0.3) is 16.6 Å². The number of hydrogen-bond donors (Lipinski definition) is 1. The Balaban J connectivity index is 2.39. The average Bonchev–Trinajstić information content (AvgIpc) is 2.80. The molecule has 0 spiro atoms. The van der Waals surface area contributed by atoms with Gasteiger partial charge in [-0.1, -0.05) is 0 Å². The number of aromatic nitrogens is 2. The Morgan fingerprint density at radius 3 is 2.79 bits per heavy atom. The van der Waals surface area contributed by atoms with Crippen LogP contribution in [-0.4, -0.2) is 22.5 Å². The summed E-state index contributed by atoms with van der Waals surface area (Å²) in [5.41, 5.74) is 3.29. The third kappa shape index (κ3) is 1.71. The van der Waals surface area contributed by atoms with Gasteiger partial charge in [0.25, 0.3) is 5.56 Å². The molecule has 0 bridgehead atoms. The smallest absolute Gasteiger partial charge is 0.337 e. The van der Waals surface area contributed by atoms with Crippen LogP contribution >= 0.6 is 0 Å². The van der Waals surface area contributed by atoms with Crippen LogP contribution in [0.3, 0.4) is 0 Å². The number of aromatic amines is 1. The summed E-state index contributed by atoms with van der Waals surface area (Å²) < 4.78 is 6.49. The molecule has 0 aliphatic carbocycles. The summed E-state index contributed by atoms with van der Waals surface area (Å²) in [6.07, 6.45) is 1.89. The monoisotopic (exact) mass is 256 g/mol. The summed E-state index contributed by atoms with van der Waals surface area (Å²) in [5.74, 6) is -0.425. The number of ether oxygens (including phenoxy) is 1. The van der Waals surface area contributed by atoms with Crippen molar-refractivity contribution in [2.75, 3.05) is 7.11 Å². The van der Waals surface area contributed by atoms with Crippen molar-refractivity contribution in [2.45, 2.75) is 6.92 Å². The maximum atomic E-state index is 12.0. The van der Waals surface area contributed by atoms with Crippen molar-refractivity contribution in [2.24, 2.45) is 0 Å². The van der Waals surface area contributed by atoms with Gasteiger partial charge in [0, 0.05) is 6.20 Å². The Morgan fingerprint density at radius 1 is 1.26 bits per heavy atom. The number of nitrogens with one attached hydrogen (secondary N) is 1. The molecule has 0 saturated carbocycles. The fraction of sp³-hybridized carbons (Fsp3) is 0.143. The van der Waals surface area contributed by atoms with Gasteiger partial charge in [-0.3, -0.25) is 4.79 Å². The van der Waals surface area contributed by atoms with Gasteiger partial charge in [0.15, 0.2) is 0 Å². The van der Waals surface area contributed by atoms with Crippen molar-refractivity contribution in [3.05, 3.63) is 51.9 Å². The first-order chi connectivity index (χ1) is 9.10. The van der Waals surface area contributed by atoms with Crippen molar-refractivity contribution in [1.29, 1.82) is 0 Å². The first kappa shape index (κ1) is 11.5. The number of fused-ring (bicyclic) bond motifs is 3. The number of hydrogen-bond acceptors (Lipinski definition) is 3. The van der Waals surface area contributed by atoms with Gasteiger partial charge in [-0.2, -0.15) is 0 Å². The Labute approximate surface area is 108 Å². The lowest BCUT2D eigenvalue weighted by Gasteiger charge is -2.04. The molecule has 3 aromatic rings. The third-order valence-electron chi connectivity index (χ3n) is 3.11. The lowest BCUT2D eigenvalue weighted by atomic mass is 10.2. The van der Waals surface area contributed by atoms with Crippen LogP contribution in [0.1, 0.15) is 15.9 Å². The van der Waals surface area contributed by atoms with Gasteiger partial charge in [0.2, 0.25) is 0 Å². The molecule has 0 amide bonds. The topological polar surface area (TPSA) is 63.6 Å². The Hall–Kier alpha value is -2.56. The molecule has 0 unspecified atom stereocenters. The first-order valence-corrected chi connectivity index (χ1v) is 5.83. The molecule has 5 nitrogen and oxygen atoms in total. The molecule has 96 valence electrons. The van der Waals surface area contributed by atoms with Crippen LogP contribution in [0.5, 0.6) is 0 Å². The predicted molar refractivity (Wildman–Crippen MR) is 71.6 cm³/mol. The molecule has 19 heavy (non-hydrogen) atoms. The van der Waals surface area contributed by atoms with E-state index in [9.17, 15) is 9.59 Å². The molecular weight excluding hydrogens is 244 g/mol. The van der Waals surface area contributed by atoms with Gasteiger partial charge >= 0.3 is 5.97 Å². The second-order valence-corrected chi connectivity index (χ2v) is 4.45. The van der Waals surface area contributed by atoms with Gasteiger partial charge in [-0.15, -0.1) is 0 Å². The minimum absolute atomic E-state index is 0.178. The number of carbonyl (C=O) groups is 1. The van der Waals surface area contributed by atoms with E-state index in [2.05, 4.69) is 9.72 Å². The van der Waals surface area contributed by atoms with Crippen molar-refractivity contribution in [1.82, 2.24) is 9.38 Å². The summed E-state index contributed by atoms with van der Waals surface area (Å²) >= 11 is 0. The normalized spacial score (nSPS) is 11.1. The van der Waals surface area contributed by atoms with Crippen molar-refractivity contribution < 1.29 is 9.53 Å². The Morgan fingerprint density at radius 2 is 2.05 bits per heavy atom. The van der Waals surface area contributed by atoms with E-state index in [0.29, 0.717) is 16.6 Å². The van der Waals surface area contributed by atoms with E-state index >= 15 is 0 Å². The summed E-state index contributed by atoms with van der Waals surface area (Å²) in [5, 5.41) is 0. The van der Waals surface area contributed by atoms with E-state index < -0.39 is 5.97 Å². The van der Waals surface area contributed by atoms with Crippen molar-refractivity contribution >= 4 is 22.5 Å². The van der Waals surface area contributed by atoms with Gasteiger partial charge in [-0.25, -0.2) is 4.79 Å². The minimum atomic E-state index is -0.425. The molecular formula is C14H12N2O3. The Bertz CT molecular complexity index is 858. The predicted octanol–water partition coefficient (Wildman–Crippen LogP) is 1.88. The fourth-order valence-corrected chi connectivity index (χ4v) is 2.25. The molecule has 0 aliphatic heterocycles. The minimum Gasteiger partial charge on any atom is -0.465 e. The van der Waals surface area contributed by atoms with Crippen LogP contribution in [0.2, 0.25) is 0 Å². The molecule has 0 atom stereocenters. The zero-order valence-electron chi connectivity index (χ0n) is 10.6. The summed E-state index contributed by atoms with van der Waals surface area (Å²) in [7, 11) is 1.33.